The van der Waals surface area contributed by atoms with Gasteiger partial charge in [-0.1, -0.05) is 60.1 Å². The van der Waals surface area contributed by atoms with Crippen LogP contribution >= 0.6 is 23.4 Å². The van der Waals surface area contributed by atoms with Gasteiger partial charge in [0.15, 0.2) is 0 Å². The van der Waals surface area contributed by atoms with Crippen LogP contribution in [0.3, 0.4) is 0 Å². The molecule has 5 rings (SSSR count). The lowest BCUT2D eigenvalue weighted by molar-refractivity contribution is -0.123. The molecule has 0 N–H and O–H groups in total. The third-order valence-electron chi connectivity index (χ3n) is 5.70. The van der Waals surface area contributed by atoms with Gasteiger partial charge < -0.3 is 4.57 Å². The highest BCUT2D eigenvalue weighted by Crippen LogP contribution is 2.35. The summed E-state index contributed by atoms with van der Waals surface area (Å²) in [5, 5.41) is 10.2. The molecule has 2 heterocycles. The van der Waals surface area contributed by atoms with Gasteiger partial charge in [0.2, 0.25) is 0 Å². The van der Waals surface area contributed by atoms with Crippen LogP contribution in [0.1, 0.15) is 22.3 Å². The molecule has 0 saturated carbocycles. The van der Waals surface area contributed by atoms with Crippen LogP contribution in [0.15, 0.2) is 83.9 Å². The zero-order valence-corrected chi connectivity index (χ0v) is 19.5. The van der Waals surface area contributed by atoms with Crippen molar-refractivity contribution in [1.29, 1.82) is 5.26 Å². The predicted molar refractivity (Wildman–Crippen MR) is 135 cm³/mol. The van der Waals surface area contributed by atoms with E-state index in [1.165, 1.54) is 4.90 Å². The first kappa shape index (κ1) is 22.0. The summed E-state index contributed by atoms with van der Waals surface area (Å²) in [5.74, 6) is -0.321. The van der Waals surface area contributed by atoms with Crippen molar-refractivity contribution in [2.45, 2.75) is 13.1 Å². The first-order valence-electron chi connectivity index (χ1n) is 10.6. The molecule has 0 bridgehead atoms. The number of halogens is 1. The third kappa shape index (κ3) is 4.24. The first-order valence-corrected chi connectivity index (χ1v) is 11.8. The zero-order chi connectivity index (χ0) is 23.7. The molecule has 0 radical (unpaired) electrons. The molecule has 0 unspecified atom stereocenters. The fraction of sp³-hybridized carbons (Fsp3) is 0.0741. The molecule has 1 aliphatic rings. The minimum Gasteiger partial charge on any atom is -0.342 e. The number of amides is 2. The van der Waals surface area contributed by atoms with Gasteiger partial charge in [0.05, 0.1) is 23.1 Å². The summed E-state index contributed by atoms with van der Waals surface area (Å²) in [6.45, 7) is 0.760. The number of aromatic nitrogens is 1. The standard InChI is InChI=1S/C27H18ClN3O2S/c28-23-7-3-1-5-20(23)17-31-26(32)25(34-27(31)33)13-21-16-30(24-8-4-2-6-22(21)24)15-19-11-9-18(14-29)10-12-19/h1-13,16H,15,17H2/b25-13-. The number of benzene rings is 3. The molecule has 3 aromatic carbocycles. The van der Waals surface area contributed by atoms with Gasteiger partial charge >= 0.3 is 0 Å². The lowest BCUT2D eigenvalue weighted by Crippen LogP contribution is -2.27. The van der Waals surface area contributed by atoms with E-state index in [4.69, 9.17) is 16.9 Å². The smallest absolute Gasteiger partial charge is 0.293 e. The Morgan fingerprint density at radius 1 is 0.941 bits per heavy atom. The van der Waals surface area contributed by atoms with E-state index in [2.05, 4.69) is 10.6 Å². The molecule has 1 fully saturated rings. The van der Waals surface area contributed by atoms with Crippen molar-refractivity contribution in [2.24, 2.45) is 0 Å². The lowest BCUT2D eigenvalue weighted by atomic mass is 10.1. The highest BCUT2D eigenvalue weighted by molar-refractivity contribution is 8.18. The van der Waals surface area contributed by atoms with Crippen LogP contribution < -0.4 is 0 Å². The predicted octanol–water partition coefficient (Wildman–Crippen LogP) is 6.45. The molecule has 1 aliphatic heterocycles. The second kappa shape index (κ2) is 9.22. The van der Waals surface area contributed by atoms with Gasteiger partial charge in [0.25, 0.3) is 11.1 Å². The summed E-state index contributed by atoms with van der Waals surface area (Å²) < 4.78 is 2.11. The van der Waals surface area contributed by atoms with Gasteiger partial charge in [-0.15, -0.1) is 0 Å². The van der Waals surface area contributed by atoms with Gasteiger partial charge in [-0.05, 0) is 53.2 Å². The Labute approximate surface area is 205 Å². The number of nitrogens with zero attached hydrogens (tertiary/aromatic N) is 3. The maximum absolute atomic E-state index is 13.1. The average Bonchev–Trinajstić information content (AvgIpc) is 3.33. The topological polar surface area (TPSA) is 66.1 Å². The maximum atomic E-state index is 13.1. The quantitative estimate of drug-likeness (QED) is 0.306. The van der Waals surface area contributed by atoms with Crippen molar-refractivity contribution in [2.75, 3.05) is 0 Å². The molecule has 5 nitrogen and oxygen atoms in total. The van der Waals surface area contributed by atoms with E-state index >= 15 is 0 Å². The Morgan fingerprint density at radius 3 is 2.44 bits per heavy atom. The van der Waals surface area contributed by atoms with Crippen LogP contribution in [-0.4, -0.2) is 20.6 Å². The van der Waals surface area contributed by atoms with Crippen LogP contribution in [0.2, 0.25) is 5.02 Å². The van der Waals surface area contributed by atoms with E-state index in [0.717, 1.165) is 39.4 Å². The van der Waals surface area contributed by atoms with E-state index in [-0.39, 0.29) is 17.7 Å². The first-order chi connectivity index (χ1) is 16.5. The van der Waals surface area contributed by atoms with Gasteiger partial charge in [0.1, 0.15) is 0 Å². The second-order valence-electron chi connectivity index (χ2n) is 7.90. The average molecular weight is 484 g/mol. The second-order valence-corrected chi connectivity index (χ2v) is 9.30. The lowest BCUT2D eigenvalue weighted by Gasteiger charge is -2.13. The van der Waals surface area contributed by atoms with Crippen molar-refractivity contribution in [3.8, 4) is 6.07 Å². The number of hydrogen-bond donors (Lipinski definition) is 0. The molecule has 1 saturated heterocycles. The van der Waals surface area contributed by atoms with Gasteiger partial charge in [0, 0.05) is 34.2 Å². The van der Waals surface area contributed by atoms with E-state index in [1.54, 1.807) is 24.3 Å². The summed E-state index contributed by atoms with van der Waals surface area (Å²) in [6, 6.07) is 24.8. The van der Waals surface area contributed by atoms with Crippen molar-refractivity contribution in [3.05, 3.63) is 111 Å². The molecule has 7 heteroatoms. The molecule has 0 atom stereocenters. The minimum atomic E-state index is -0.321. The van der Waals surface area contributed by atoms with Crippen LogP contribution in [0.25, 0.3) is 17.0 Å². The highest BCUT2D eigenvalue weighted by atomic mass is 35.5. The Hall–Kier alpha value is -3.79. The summed E-state index contributed by atoms with van der Waals surface area (Å²) in [5.41, 5.74) is 4.30. The monoisotopic (exact) mass is 483 g/mol. The van der Waals surface area contributed by atoms with Crippen LogP contribution in [0.4, 0.5) is 4.79 Å². The van der Waals surface area contributed by atoms with E-state index in [1.807, 2.05) is 60.8 Å². The summed E-state index contributed by atoms with van der Waals surface area (Å²) in [4.78, 5) is 27.3. The maximum Gasteiger partial charge on any atom is 0.293 e. The Balaban J connectivity index is 1.46. The van der Waals surface area contributed by atoms with Gasteiger partial charge in [-0.25, -0.2) is 0 Å². The number of hydrogen-bond acceptors (Lipinski definition) is 4. The zero-order valence-electron chi connectivity index (χ0n) is 17.9. The van der Waals surface area contributed by atoms with Gasteiger partial charge in [-0.2, -0.15) is 5.26 Å². The minimum absolute atomic E-state index is 0.141. The van der Waals surface area contributed by atoms with Crippen LogP contribution in [0.5, 0.6) is 0 Å². The highest BCUT2D eigenvalue weighted by Gasteiger charge is 2.35. The molecular weight excluding hydrogens is 466 g/mol. The number of para-hydroxylation sites is 1. The Bertz CT molecular complexity index is 1500. The van der Waals surface area contributed by atoms with E-state index in [0.29, 0.717) is 22.0 Å². The fourth-order valence-electron chi connectivity index (χ4n) is 3.98. The molecule has 34 heavy (non-hydrogen) atoms. The van der Waals surface area contributed by atoms with E-state index < -0.39 is 0 Å². The van der Waals surface area contributed by atoms with Crippen molar-refractivity contribution < 1.29 is 9.59 Å². The summed E-state index contributed by atoms with van der Waals surface area (Å²) in [7, 11) is 0. The van der Waals surface area contributed by atoms with Crippen molar-refractivity contribution in [3.63, 3.8) is 0 Å². The SMILES string of the molecule is N#Cc1ccc(Cn2cc(/C=C3\SC(=O)N(Cc4ccccc4Cl)C3=O)c3ccccc32)cc1. The molecule has 4 aromatic rings. The number of imide groups is 1. The summed E-state index contributed by atoms with van der Waals surface area (Å²) in [6.07, 6.45) is 3.78. The number of rotatable bonds is 5. The van der Waals surface area contributed by atoms with E-state index in [9.17, 15) is 9.59 Å². The molecule has 0 aliphatic carbocycles. The Kier molecular flexibility index (Phi) is 5.97. The largest absolute Gasteiger partial charge is 0.342 e. The number of thioether (sulfide) groups is 1. The molecule has 1 aromatic heterocycles. The number of carbonyl (C=O) groups excluding carboxylic acids is 2. The normalized spacial score (nSPS) is 14.8. The Morgan fingerprint density at radius 2 is 1.68 bits per heavy atom. The fourth-order valence-corrected chi connectivity index (χ4v) is 5.00. The van der Waals surface area contributed by atoms with Crippen LogP contribution in [-0.2, 0) is 17.9 Å². The van der Waals surface area contributed by atoms with Crippen LogP contribution in [0, 0.1) is 11.3 Å². The number of nitriles is 1. The van der Waals surface area contributed by atoms with Gasteiger partial charge in [-0.3, -0.25) is 14.5 Å². The number of carbonyl (C=O) groups is 2. The molecule has 2 amide bonds. The molecule has 166 valence electrons. The third-order valence-corrected chi connectivity index (χ3v) is 6.98. The summed E-state index contributed by atoms with van der Waals surface area (Å²) >= 11 is 7.17. The number of fused-ring (bicyclic) bond motifs is 1. The van der Waals surface area contributed by atoms with Crippen molar-refractivity contribution in [1.82, 2.24) is 9.47 Å². The van der Waals surface area contributed by atoms with Crippen molar-refractivity contribution >= 4 is 51.5 Å². The molecular formula is C27H18ClN3O2S. The molecule has 0 spiro atoms.